The van der Waals surface area contributed by atoms with Gasteiger partial charge in [0.2, 0.25) is 5.82 Å². The lowest BCUT2D eigenvalue weighted by atomic mass is 9.92. The molecule has 4 aliphatic rings. The summed E-state index contributed by atoms with van der Waals surface area (Å²) in [6, 6.07) is 24.7. The first-order valence-electron chi connectivity index (χ1n) is 21.5. The van der Waals surface area contributed by atoms with E-state index in [1.165, 1.54) is 12.1 Å². The Morgan fingerprint density at radius 2 is 1.56 bits per heavy atom. The highest BCUT2D eigenvalue weighted by Crippen LogP contribution is 2.46. The molecule has 15 nitrogen and oxygen atoms in total. The van der Waals surface area contributed by atoms with Crippen LogP contribution in [-0.4, -0.2) is 106 Å². The van der Waals surface area contributed by atoms with Crippen molar-refractivity contribution in [3.05, 3.63) is 124 Å². The van der Waals surface area contributed by atoms with E-state index in [0.717, 1.165) is 55.7 Å². The highest BCUT2D eigenvalue weighted by Gasteiger charge is 2.44. The number of halogens is 3. The summed E-state index contributed by atoms with van der Waals surface area (Å²) in [5.41, 5.74) is 7.03. The van der Waals surface area contributed by atoms with E-state index in [0.29, 0.717) is 91.6 Å². The summed E-state index contributed by atoms with van der Waals surface area (Å²) in [5.74, 6) is 0.569. The van der Waals surface area contributed by atoms with Crippen molar-refractivity contribution in [3.8, 4) is 22.8 Å². The van der Waals surface area contributed by atoms with Crippen molar-refractivity contribution in [2.45, 2.75) is 57.1 Å². The number of piperazine rings is 1. The molecule has 3 unspecified atom stereocenters. The summed E-state index contributed by atoms with van der Waals surface area (Å²) in [4.78, 5) is 49.4. The van der Waals surface area contributed by atoms with Crippen LogP contribution in [0.25, 0.3) is 22.8 Å². The lowest BCUT2D eigenvalue weighted by molar-refractivity contribution is -0.305. The van der Waals surface area contributed by atoms with Crippen LogP contribution in [-0.2, 0) is 22.4 Å². The molecule has 64 heavy (non-hydrogen) atoms. The third kappa shape index (κ3) is 9.39. The molecule has 3 saturated heterocycles. The van der Waals surface area contributed by atoms with Crippen LogP contribution in [0.3, 0.4) is 0 Å². The summed E-state index contributed by atoms with van der Waals surface area (Å²) in [6.07, 6.45) is -3.75. The number of amides is 2. The van der Waals surface area contributed by atoms with E-state index in [9.17, 15) is 33.0 Å². The van der Waals surface area contributed by atoms with Crippen LogP contribution in [0.2, 0.25) is 0 Å². The fourth-order valence-corrected chi connectivity index (χ4v) is 9.01. The van der Waals surface area contributed by atoms with Crippen molar-refractivity contribution in [2.75, 3.05) is 57.3 Å². The Balaban J connectivity index is 0.706. The predicted molar refractivity (Wildman–Crippen MR) is 226 cm³/mol. The van der Waals surface area contributed by atoms with Crippen LogP contribution in [0.15, 0.2) is 95.5 Å². The van der Waals surface area contributed by atoms with Crippen LogP contribution >= 0.6 is 0 Å². The zero-order chi connectivity index (χ0) is 44.4. The van der Waals surface area contributed by atoms with E-state index in [1.54, 1.807) is 29.2 Å². The molecule has 0 aliphatic carbocycles. The summed E-state index contributed by atoms with van der Waals surface area (Å²) in [7, 11) is 0. The van der Waals surface area contributed by atoms with Gasteiger partial charge in [0.15, 0.2) is 0 Å². The molecule has 9 rings (SSSR count). The molecular weight excluding hydrogens is 834 g/mol. The van der Waals surface area contributed by atoms with Gasteiger partial charge in [0, 0.05) is 97.8 Å². The topological polar surface area (TPSA) is 169 Å². The van der Waals surface area contributed by atoms with Crippen LogP contribution < -0.4 is 15.9 Å². The van der Waals surface area contributed by atoms with E-state index < -0.39 is 30.4 Å². The number of aromatic nitrogens is 2. The number of nitrogens with one attached hydrogen (secondary N) is 2. The molecule has 5 aromatic rings. The Kier molecular flexibility index (Phi) is 12.8. The van der Waals surface area contributed by atoms with Gasteiger partial charge in [-0.2, -0.15) is 18.2 Å². The molecular formula is C46H49F3N8O7. The van der Waals surface area contributed by atoms with Gasteiger partial charge in [-0.3, -0.25) is 24.2 Å². The molecule has 1 aromatic heterocycles. The molecule has 3 fully saturated rings. The molecule has 0 bridgehead atoms. The van der Waals surface area contributed by atoms with Gasteiger partial charge in [0.05, 0.1) is 12.2 Å². The highest BCUT2D eigenvalue weighted by molar-refractivity contribution is 5.95. The number of aliphatic hydroxyl groups excluding tert-OH is 2. The molecule has 4 aliphatic heterocycles. The minimum atomic E-state index is -4.44. The monoisotopic (exact) mass is 882 g/mol. The molecule has 336 valence electrons. The lowest BCUT2D eigenvalue weighted by Crippen LogP contribution is -2.48. The fraction of sp³-hybridized carbons (Fsp3) is 0.391. The van der Waals surface area contributed by atoms with Gasteiger partial charge in [0.25, 0.3) is 17.7 Å². The molecule has 4 N–H and O–H groups in total. The number of rotatable bonds is 11. The maximum absolute atomic E-state index is 13.4. The first-order valence-corrected chi connectivity index (χ1v) is 21.5. The Hall–Kier alpha value is -5.73. The molecule has 4 aromatic carbocycles. The number of piperidine rings is 1. The number of alkyl halides is 3. The number of fused-ring (bicyclic) bond motifs is 1. The van der Waals surface area contributed by atoms with Crippen molar-refractivity contribution in [1.82, 2.24) is 35.8 Å². The zero-order valence-corrected chi connectivity index (χ0v) is 34.9. The summed E-state index contributed by atoms with van der Waals surface area (Å²) in [6.45, 7) is 5.64. The molecule has 2 amide bonds. The SMILES string of the molecule is O=C(NCCC1CCN(c2cccc3c2C(O)N(C2CCONO2)C3O)CC1)c1cccc(CN2CCN(C(=O)c3ccc(-c4nc(-c5ccc(C(F)(F)F)cc5)no4)cc3)CC2)c1. The largest absolute Gasteiger partial charge is 0.416 e. The molecule has 0 saturated carbocycles. The number of benzene rings is 4. The lowest BCUT2D eigenvalue weighted by Gasteiger charge is -2.36. The minimum absolute atomic E-state index is 0.0990. The normalized spacial score (nSPS) is 21.2. The van der Waals surface area contributed by atoms with E-state index in [-0.39, 0.29) is 23.5 Å². The van der Waals surface area contributed by atoms with Crippen LogP contribution in [0.1, 0.15) is 81.1 Å². The zero-order valence-electron chi connectivity index (χ0n) is 34.9. The third-order valence-electron chi connectivity index (χ3n) is 12.6. The predicted octanol–water partition coefficient (Wildman–Crippen LogP) is 5.90. The number of nitrogens with zero attached hydrogens (tertiary/aromatic N) is 6. The van der Waals surface area contributed by atoms with Crippen molar-refractivity contribution in [2.24, 2.45) is 5.92 Å². The van der Waals surface area contributed by atoms with Crippen molar-refractivity contribution >= 4 is 17.5 Å². The second-order valence-corrected chi connectivity index (χ2v) is 16.6. The average molecular weight is 883 g/mol. The van der Waals surface area contributed by atoms with Gasteiger partial charge in [0.1, 0.15) is 18.7 Å². The fourth-order valence-electron chi connectivity index (χ4n) is 9.01. The summed E-state index contributed by atoms with van der Waals surface area (Å²) < 4.78 is 44.2. The Labute approximate surface area is 367 Å². The van der Waals surface area contributed by atoms with Crippen molar-refractivity contribution < 1.29 is 47.2 Å². The van der Waals surface area contributed by atoms with E-state index >= 15 is 0 Å². The Morgan fingerprint density at radius 3 is 2.28 bits per heavy atom. The Morgan fingerprint density at radius 1 is 0.828 bits per heavy atom. The number of hydrogen-bond acceptors (Lipinski definition) is 13. The van der Waals surface area contributed by atoms with Gasteiger partial charge >= 0.3 is 6.18 Å². The van der Waals surface area contributed by atoms with Gasteiger partial charge in [-0.1, -0.05) is 47.2 Å². The second-order valence-electron chi connectivity index (χ2n) is 16.6. The van der Waals surface area contributed by atoms with Gasteiger partial charge in [-0.05, 0) is 85.3 Å². The number of anilines is 1. The minimum Gasteiger partial charge on any atom is -0.374 e. The number of aliphatic hydroxyl groups is 2. The summed E-state index contributed by atoms with van der Waals surface area (Å²) >= 11 is 0. The molecule has 0 radical (unpaired) electrons. The maximum Gasteiger partial charge on any atom is 0.416 e. The van der Waals surface area contributed by atoms with E-state index in [1.807, 2.05) is 47.4 Å². The second kappa shape index (κ2) is 18.8. The van der Waals surface area contributed by atoms with Crippen molar-refractivity contribution in [3.63, 3.8) is 0 Å². The van der Waals surface area contributed by atoms with Gasteiger partial charge in [-0.25, -0.2) is 4.90 Å². The van der Waals surface area contributed by atoms with Crippen LogP contribution in [0, 0.1) is 5.92 Å². The maximum atomic E-state index is 13.4. The third-order valence-corrected chi connectivity index (χ3v) is 12.6. The molecule has 0 spiro atoms. The van der Waals surface area contributed by atoms with E-state index in [2.05, 4.69) is 30.9 Å². The average Bonchev–Trinajstić information content (AvgIpc) is 3.92. The van der Waals surface area contributed by atoms with E-state index in [4.69, 9.17) is 14.2 Å². The smallest absolute Gasteiger partial charge is 0.374 e. The molecule has 18 heteroatoms. The molecule has 3 atom stereocenters. The Bertz CT molecular complexity index is 2410. The van der Waals surface area contributed by atoms with Crippen LogP contribution in [0.5, 0.6) is 0 Å². The summed E-state index contributed by atoms with van der Waals surface area (Å²) in [5, 5.41) is 29.5. The van der Waals surface area contributed by atoms with Crippen LogP contribution in [0.4, 0.5) is 18.9 Å². The van der Waals surface area contributed by atoms with Gasteiger partial charge < -0.3 is 29.9 Å². The highest BCUT2D eigenvalue weighted by atomic mass is 19.4. The quantitative estimate of drug-likeness (QED) is 0.124. The number of hydrogen-bond donors (Lipinski definition) is 4. The molecule has 5 heterocycles. The first kappa shape index (κ1) is 43.5. The number of carbonyl (C=O) groups is 2. The first-order chi connectivity index (χ1) is 31.0. The number of carbonyl (C=O) groups excluding carboxylic acids is 2. The van der Waals surface area contributed by atoms with Gasteiger partial charge in [-0.15, -0.1) is 0 Å². The standard InChI is InChI=1S/C46H49F3N8O7/c47-46(48,49)35-13-11-31(12-14-35)40-51-42(64-52-40)32-7-9-33(10-8-32)43(59)56-24-22-54(23-25-56)28-30-3-1-4-34(27-30)41(58)50-19-15-29-16-20-55(21-17-29)37-6-2-5-36-39(37)45(61)57(44(36)60)38-18-26-62-53-63-38/h1-14,27,29,38,44-45,53,60-61H,15-26,28H2,(H,50,58). The van der Waals surface area contributed by atoms with Crippen molar-refractivity contribution in [1.29, 1.82) is 0 Å².